The lowest BCUT2D eigenvalue weighted by Crippen LogP contribution is -2.21. The maximum Gasteiger partial charge on any atom is 0.243 e. The number of carbonyl (C=O) groups excluding carboxylic acids is 1. The van der Waals surface area contributed by atoms with Crippen LogP contribution in [0.3, 0.4) is 0 Å². The van der Waals surface area contributed by atoms with Gasteiger partial charge in [0.05, 0.1) is 0 Å². The van der Waals surface area contributed by atoms with Crippen molar-refractivity contribution in [2.75, 3.05) is 6.54 Å². The van der Waals surface area contributed by atoms with Gasteiger partial charge in [-0.1, -0.05) is 120 Å². The number of rotatable bonds is 17. The maximum atomic E-state index is 11.8. The van der Waals surface area contributed by atoms with E-state index in [1.165, 1.54) is 89.0 Å². The van der Waals surface area contributed by atoms with Gasteiger partial charge in [-0.15, -0.1) is 0 Å². The van der Waals surface area contributed by atoms with Crippen molar-refractivity contribution < 1.29 is 4.79 Å². The van der Waals surface area contributed by atoms with Crippen molar-refractivity contribution in [1.29, 1.82) is 0 Å². The molecule has 158 valence electrons. The van der Waals surface area contributed by atoms with Gasteiger partial charge < -0.3 is 5.32 Å². The van der Waals surface area contributed by atoms with E-state index in [0.29, 0.717) is 0 Å². The fourth-order valence-electron chi connectivity index (χ4n) is 3.44. The van der Waals surface area contributed by atoms with Crippen LogP contribution in [0.4, 0.5) is 0 Å². The summed E-state index contributed by atoms with van der Waals surface area (Å²) in [6, 6.07) is 8.19. The zero-order chi connectivity index (χ0) is 20.3. The highest BCUT2D eigenvalue weighted by Crippen LogP contribution is 2.12. The Balaban J connectivity index is 1.84. The number of amides is 1. The summed E-state index contributed by atoms with van der Waals surface area (Å²) < 4.78 is 0. The lowest BCUT2D eigenvalue weighted by Gasteiger charge is -2.04. The van der Waals surface area contributed by atoms with Gasteiger partial charge in [0.1, 0.15) is 0 Å². The number of unbranched alkanes of at least 4 members (excludes halogenated alkanes) is 13. The Kier molecular flexibility index (Phi) is 15.3. The lowest BCUT2D eigenvalue weighted by molar-refractivity contribution is -0.116. The fourth-order valence-corrected chi connectivity index (χ4v) is 3.44. The predicted molar refractivity (Wildman–Crippen MR) is 124 cm³/mol. The van der Waals surface area contributed by atoms with Gasteiger partial charge in [-0.05, 0) is 25.0 Å². The minimum atomic E-state index is 0.00951. The molecule has 0 atom stereocenters. The lowest BCUT2D eigenvalue weighted by atomic mass is 10.0. The van der Waals surface area contributed by atoms with Crippen molar-refractivity contribution in [1.82, 2.24) is 5.32 Å². The summed E-state index contributed by atoms with van der Waals surface area (Å²) in [6.45, 7) is 5.13. The number of carbonyl (C=O) groups is 1. The summed E-state index contributed by atoms with van der Waals surface area (Å²) in [5.41, 5.74) is 2.30. The normalized spacial score (nSPS) is 11.2. The first-order chi connectivity index (χ1) is 13.7. The van der Waals surface area contributed by atoms with Crippen molar-refractivity contribution in [3.05, 3.63) is 41.5 Å². The van der Waals surface area contributed by atoms with Crippen LogP contribution >= 0.6 is 0 Å². The quantitative estimate of drug-likeness (QED) is 0.217. The Labute approximate surface area is 174 Å². The third-order valence-corrected chi connectivity index (χ3v) is 5.33. The Morgan fingerprint density at radius 1 is 0.750 bits per heavy atom. The van der Waals surface area contributed by atoms with Crippen molar-refractivity contribution in [3.8, 4) is 0 Å². The number of hydrogen-bond donors (Lipinski definition) is 1. The third-order valence-electron chi connectivity index (χ3n) is 5.33. The molecule has 0 aliphatic heterocycles. The molecule has 0 unspecified atom stereocenters. The summed E-state index contributed by atoms with van der Waals surface area (Å²) in [6.07, 6.45) is 22.6. The average Bonchev–Trinajstić information content (AvgIpc) is 2.70. The van der Waals surface area contributed by atoms with Gasteiger partial charge in [0, 0.05) is 12.6 Å². The predicted octanol–water partition coefficient (Wildman–Crippen LogP) is 7.61. The average molecular weight is 386 g/mol. The molecular weight excluding hydrogens is 342 g/mol. The van der Waals surface area contributed by atoms with Crippen LogP contribution < -0.4 is 5.32 Å². The highest BCUT2D eigenvalue weighted by Gasteiger charge is 1.97. The molecule has 2 nitrogen and oxygen atoms in total. The molecule has 0 radical (unpaired) electrons. The summed E-state index contributed by atoms with van der Waals surface area (Å²) in [7, 11) is 0. The molecule has 2 heteroatoms. The summed E-state index contributed by atoms with van der Waals surface area (Å²) >= 11 is 0. The van der Waals surface area contributed by atoms with E-state index >= 15 is 0 Å². The minimum absolute atomic E-state index is 0.00951. The second kappa shape index (κ2) is 17.5. The first-order valence-electron chi connectivity index (χ1n) is 11.7. The molecule has 1 aromatic rings. The standard InChI is InChI=1S/C26H43NO/c1-3-4-5-6-7-8-9-10-11-12-13-14-15-16-23-27-26(28)22-21-25-19-17-24(2)18-20-25/h17-22H,3-16,23H2,1-2H3,(H,27,28)/b22-21+. The molecule has 1 N–H and O–H groups in total. The monoisotopic (exact) mass is 385 g/mol. The van der Waals surface area contributed by atoms with Gasteiger partial charge in [-0.2, -0.15) is 0 Å². The number of hydrogen-bond acceptors (Lipinski definition) is 1. The Morgan fingerprint density at radius 3 is 1.71 bits per heavy atom. The zero-order valence-corrected chi connectivity index (χ0v) is 18.5. The van der Waals surface area contributed by atoms with Crippen molar-refractivity contribution in [2.45, 2.75) is 104 Å². The molecule has 28 heavy (non-hydrogen) atoms. The number of nitrogens with one attached hydrogen (secondary N) is 1. The first kappa shape index (κ1) is 24.5. The fraction of sp³-hybridized carbons (Fsp3) is 0.654. The van der Waals surface area contributed by atoms with E-state index in [2.05, 4.69) is 31.3 Å². The van der Waals surface area contributed by atoms with E-state index in [-0.39, 0.29) is 5.91 Å². The van der Waals surface area contributed by atoms with Crippen LogP contribution in [0.15, 0.2) is 30.3 Å². The molecule has 0 saturated carbocycles. The SMILES string of the molecule is CCCCCCCCCCCCCCCCNC(=O)/C=C/c1ccc(C)cc1. The van der Waals surface area contributed by atoms with Crippen LogP contribution in [0.25, 0.3) is 6.08 Å². The topological polar surface area (TPSA) is 29.1 Å². The van der Waals surface area contributed by atoms with Crippen LogP contribution in [0.2, 0.25) is 0 Å². The van der Waals surface area contributed by atoms with Crippen molar-refractivity contribution in [3.63, 3.8) is 0 Å². The van der Waals surface area contributed by atoms with Gasteiger partial charge in [0.15, 0.2) is 0 Å². The number of benzene rings is 1. The van der Waals surface area contributed by atoms with E-state index in [4.69, 9.17) is 0 Å². The molecule has 0 bridgehead atoms. The molecule has 0 saturated heterocycles. The van der Waals surface area contributed by atoms with Gasteiger partial charge in [0.25, 0.3) is 0 Å². The Morgan fingerprint density at radius 2 is 1.21 bits per heavy atom. The highest BCUT2D eigenvalue weighted by atomic mass is 16.1. The van der Waals surface area contributed by atoms with Crippen LogP contribution in [-0.4, -0.2) is 12.5 Å². The number of aryl methyl sites for hydroxylation is 1. The minimum Gasteiger partial charge on any atom is -0.353 e. The molecule has 0 spiro atoms. The molecule has 1 rings (SSSR count). The van der Waals surface area contributed by atoms with Crippen LogP contribution in [-0.2, 0) is 4.79 Å². The summed E-state index contributed by atoms with van der Waals surface area (Å²) in [5.74, 6) is 0.00951. The molecule has 0 aliphatic carbocycles. The largest absolute Gasteiger partial charge is 0.353 e. The van der Waals surface area contributed by atoms with E-state index in [0.717, 1.165) is 18.5 Å². The van der Waals surface area contributed by atoms with E-state index in [1.807, 2.05) is 18.2 Å². The second-order valence-corrected chi connectivity index (χ2v) is 8.13. The molecule has 0 aromatic heterocycles. The van der Waals surface area contributed by atoms with Crippen LogP contribution in [0.1, 0.15) is 108 Å². The molecule has 0 heterocycles. The molecule has 0 fully saturated rings. The van der Waals surface area contributed by atoms with Crippen molar-refractivity contribution >= 4 is 12.0 Å². The van der Waals surface area contributed by atoms with Gasteiger partial charge >= 0.3 is 0 Å². The van der Waals surface area contributed by atoms with Crippen LogP contribution in [0, 0.1) is 6.92 Å². The molecule has 1 aromatic carbocycles. The van der Waals surface area contributed by atoms with Crippen molar-refractivity contribution in [2.24, 2.45) is 0 Å². The van der Waals surface area contributed by atoms with E-state index in [9.17, 15) is 4.79 Å². The summed E-state index contributed by atoms with van der Waals surface area (Å²) in [4.78, 5) is 11.8. The van der Waals surface area contributed by atoms with Crippen LogP contribution in [0.5, 0.6) is 0 Å². The van der Waals surface area contributed by atoms with Gasteiger partial charge in [-0.3, -0.25) is 4.79 Å². The third kappa shape index (κ3) is 14.5. The zero-order valence-electron chi connectivity index (χ0n) is 18.5. The maximum absolute atomic E-state index is 11.8. The Hall–Kier alpha value is -1.57. The Bertz CT molecular complexity index is 518. The van der Waals surface area contributed by atoms with Gasteiger partial charge in [0.2, 0.25) is 5.91 Å². The molecular formula is C26H43NO. The second-order valence-electron chi connectivity index (χ2n) is 8.13. The first-order valence-corrected chi connectivity index (χ1v) is 11.7. The molecule has 1 amide bonds. The smallest absolute Gasteiger partial charge is 0.243 e. The summed E-state index contributed by atoms with van der Waals surface area (Å²) in [5, 5.41) is 2.98. The highest BCUT2D eigenvalue weighted by molar-refractivity contribution is 5.91. The molecule has 0 aliphatic rings. The van der Waals surface area contributed by atoms with E-state index < -0.39 is 0 Å². The van der Waals surface area contributed by atoms with Gasteiger partial charge in [-0.25, -0.2) is 0 Å². The van der Waals surface area contributed by atoms with E-state index in [1.54, 1.807) is 6.08 Å².